The number of amides is 2. The van der Waals surface area contributed by atoms with Crippen molar-refractivity contribution in [1.82, 2.24) is 15.6 Å². The van der Waals surface area contributed by atoms with Crippen LogP contribution in [0.1, 0.15) is 35.4 Å². The van der Waals surface area contributed by atoms with Gasteiger partial charge in [0.25, 0.3) is 5.91 Å². The van der Waals surface area contributed by atoms with E-state index in [0.29, 0.717) is 0 Å². The van der Waals surface area contributed by atoms with Crippen molar-refractivity contribution in [2.24, 2.45) is 16.5 Å². The van der Waals surface area contributed by atoms with Crippen molar-refractivity contribution < 1.29 is 19.1 Å². The van der Waals surface area contributed by atoms with Crippen molar-refractivity contribution in [2.45, 2.75) is 19.4 Å². The number of benzene rings is 1. The Labute approximate surface area is 171 Å². The first kappa shape index (κ1) is 21.8. The highest BCUT2D eigenvalue weighted by atomic mass is 32.1. The average molecular weight is 418 g/mol. The molecule has 0 radical (unpaired) electrons. The van der Waals surface area contributed by atoms with E-state index in [1.807, 2.05) is 6.07 Å². The van der Waals surface area contributed by atoms with Gasteiger partial charge in [-0.1, -0.05) is 30.3 Å². The number of nitrogens with two attached hydrogens (primary N) is 2. The molecule has 0 aliphatic heterocycles. The summed E-state index contributed by atoms with van der Waals surface area (Å²) in [5.41, 5.74) is 11.4. The summed E-state index contributed by atoms with van der Waals surface area (Å²) in [6.07, 6.45) is -0.0223. The van der Waals surface area contributed by atoms with Gasteiger partial charge >= 0.3 is 5.97 Å². The molecule has 1 atom stereocenters. The minimum atomic E-state index is -0.576. The molecular formula is C18H22N6O4S. The molecule has 1 aromatic carbocycles. The van der Waals surface area contributed by atoms with Gasteiger partial charge in [0.1, 0.15) is 5.69 Å². The third kappa shape index (κ3) is 7.22. The summed E-state index contributed by atoms with van der Waals surface area (Å²) in [5.74, 6) is -1.61. The highest BCUT2D eigenvalue weighted by Gasteiger charge is 2.20. The summed E-state index contributed by atoms with van der Waals surface area (Å²) in [6, 6.07) is 8.45. The molecule has 0 saturated heterocycles. The first-order chi connectivity index (χ1) is 13.9. The van der Waals surface area contributed by atoms with E-state index >= 15 is 0 Å². The molecular weight excluding hydrogens is 396 g/mol. The molecule has 0 aliphatic rings. The van der Waals surface area contributed by atoms with Crippen LogP contribution in [0.3, 0.4) is 0 Å². The number of aliphatic imine (C=N–C) groups is 1. The van der Waals surface area contributed by atoms with Crippen LogP contribution in [0, 0.1) is 0 Å². The largest absolute Gasteiger partial charge is 0.466 e. The number of carbonyl (C=O) groups is 3. The number of hydrogen-bond acceptors (Lipinski definition) is 7. The predicted octanol–water partition coefficient (Wildman–Crippen LogP) is 0.589. The Morgan fingerprint density at radius 3 is 2.62 bits per heavy atom. The molecule has 29 heavy (non-hydrogen) atoms. The van der Waals surface area contributed by atoms with Gasteiger partial charge in [0.2, 0.25) is 11.0 Å². The van der Waals surface area contributed by atoms with Crippen molar-refractivity contribution in [3.63, 3.8) is 0 Å². The second-order valence-electron chi connectivity index (χ2n) is 5.77. The maximum atomic E-state index is 12.3. The molecule has 1 aromatic heterocycles. The topological polar surface area (TPSA) is 162 Å². The van der Waals surface area contributed by atoms with E-state index in [4.69, 9.17) is 16.2 Å². The van der Waals surface area contributed by atoms with Gasteiger partial charge in [0, 0.05) is 5.38 Å². The molecule has 2 rings (SSSR count). The Kier molecular flexibility index (Phi) is 8.10. The van der Waals surface area contributed by atoms with Crippen molar-refractivity contribution in [3.05, 3.63) is 47.0 Å². The lowest BCUT2D eigenvalue weighted by molar-refractivity contribution is -0.143. The Morgan fingerprint density at radius 1 is 1.24 bits per heavy atom. The number of guanidine groups is 1. The van der Waals surface area contributed by atoms with Crippen LogP contribution < -0.4 is 22.1 Å². The molecule has 0 bridgehead atoms. The van der Waals surface area contributed by atoms with Crippen molar-refractivity contribution >= 4 is 40.2 Å². The Bertz CT molecular complexity index is 879. The van der Waals surface area contributed by atoms with Gasteiger partial charge < -0.3 is 26.8 Å². The fraction of sp³-hybridized carbons (Fsp3) is 0.278. The SMILES string of the molecule is CCOC(=O)CC(NC(=O)CNC(=O)c1csc(N=C(N)N)n1)c1ccccc1. The van der Waals surface area contributed by atoms with Crippen LogP contribution in [0.25, 0.3) is 0 Å². The molecule has 10 nitrogen and oxygen atoms in total. The number of carbonyl (C=O) groups excluding carboxylic acids is 3. The zero-order valence-corrected chi connectivity index (χ0v) is 16.6. The van der Waals surface area contributed by atoms with Crippen LogP contribution in [-0.2, 0) is 14.3 Å². The minimum absolute atomic E-state index is 0.0223. The smallest absolute Gasteiger partial charge is 0.308 e. The summed E-state index contributed by atoms with van der Waals surface area (Å²) in [7, 11) is 0. The molecule has 2 aromatic rings. The van der Waals surface area contributed by atoms with Crippen LogP contribution in [0.15, 0.2) is 40.7 Å². The van der Waals surface area contributed by atoms with Gasteiger partial charge in [-0.25, -0.2) is 4.98 Å². The second-order valence-corrected chi connectivity index (χ2v) is 6.61. The molecule has 0 fully saturated rings. The molecule has 1 unspecified atom stereocenters. The highest BCUT2D eigenvalue weighted by molar-refractivity contribution is 7.13. The maximum Gasteiger partial charge on any atom is 0.308 e. The number of hydrogen-bond donors (Lipinski definition) is 4. The monoisotopic (exact) mass is 418 g/mol. The van der Waals surface area contributed by atoms with Crippen LogP contribution in [0.4, 0.5) is 5.13 Å². The molecule has 0 spiro atoms. The number of ether oxygens (including phenoxy) is 1. The minimum Gasteiger partial charge on any atom is -0.466 e. The van der Waals surface area contributed by atoms with E-state index in [-0.39, 0.29) is 36.4 Å². The van der Waals surface area contributed by atoms with Crippen molar-refractivity contribution in [1.29, 1.82) is 0 Å². The first-order valence-corrected chi connectivity index (χ1v) is 9.60. The summed E-state index contributed by atoms with van der Waals surface area (Å²) >= 11 is 1.09. The number of esters is 1. The fourth-order valence-corrected chi connectivity index (χ4v) is 3.04. The number of nitrogens with zero attached hydrogens (tertiary/aromatic N) is 2. The van der Waals surface area contributed by atoms with Crippen LogP contribution >= 0.6 is 11.3 Å². The standard InChI is InChI=1S/C18H22N6O4S/c1-2-28-15(26)8-12(11-6-4-3-5-7-11)22-14(25)9-21-16(27)13-10-29-18(23-13)24-17(19)20/h3-7,10,12H,2,8-9H2,1H3,(H,21,27)(H,22,25)(H4,19,20,23,24). The second kappa shape index (κ2) is 10.8. The Morgan fingerprint density at radius 2 is 1.97 bits per heavy atom. The molecule has 154 valence electrons. The zero-order chi connectivity index (χ0) is 21.2. The van der Waals surface area contributed by atoms with Gasteiger partial charge in [-0.15, -0.1) is 11.3 Å². The summed E-state index contributed by atoms with van der Waals surface area (Å²) in [4.78, 5) is 44.0. The Balaban J connectivity index is 1.95. The van der Waals surface area contributed by atoms with Crippen LogP contribution in [0.5, 0.6) is 0 Å². The van der Waals surface area contributed by atoms with E-state index in [9.17, 15) is 14.4 Å². The van der Waals surface area contributed by atoms with Crippen molar-refractivity contribution in [3.8, 4) is 0 Å². The number of rotatable bonds is 9. The third-order valence-electron chi connectivity index (χ3n) is 3.57. The normalized spacial score (nSPS) is 11.2. The lowest BCUT2D eigenvalue weighted by Crippen LogP contribution is -2.39. The van der Waals surface area contributed by atoms with E-state index in [2.05, 4.69) is 20.6 Å². The lowest BCUT2D eigenvalue weighted by Gasteiger charge is -2.18. The van der Waals surface area contributed by atoms with E-state index in [0.717, 1.165) is 16.9 Å². The van der Waals surface area contributed by atoms with Crippen LogP contribution in [-0.4, -0.2) is 41.9 Å². The third-order valence-corrected chi connectivity index (χ3v) is 4.31. The predicted molar refractivity (Wildman–Crippen MR) is 108 cm³/mol. The molecule has 11 heteroatoms. The molecule has 2 amide bonds. The van der Waals surface area contributed by atoms with Gasteiger partial charge in [0.05, 0.1) is 25.6 Å². The molecule has 1 heterocycles. The number of thiazole rings is 1. The van der Waals surface area contributed by atoms with E-state index in [1.165, 1.54) is 5.38 Å². The molecule has 0 saturated carbocycles. The summed E-state index contributed by atoms with van der Waals surface area (Å²) < 4.78 is 4.97. The first-order valence-electron chi connectivity index (χ1n) is 8.72. The van der Waals surface area contributed by atoms with E-state index in [1.54, 1.807) is 31.2 Å². The van der Waals surface area contributed by atoms with E-state index < -0.39 is 23.8 Å². The summed E-state index contributed by atoms with van der Waals surface area (Å²) in [5, 5.41) is 6.91. The quantitative estimate of drug-likeness (QED) is 0.263. The van der Waals surface area contributed by atoms with Gasteiger partial charge in [0.15, 0.2) is 5.96 Å². The van der Waals surface area contributed by atoms with Gasteiger partial charge in [-0.05, 0) is 12.5 Å². The summed E-state index contributed by atoms with van der Waals surface area (Å²) in [6.45, 7) is 1.67. The fourth-order valence-electron chi connectivity index (χ4n) is 2.35. The average Bonchev–Trinajstić information content (AvgIpc) is 3.14. The van der Waals surface area contributed by atoms with Gasteiger partial charge in [-0.2, -0.15) is 4.99 Å². The zero-order valence-electron chi connectivity index (χ0n) is 15.8. The molecule has 6 N–H and O–H groups in total. The Hall–Kier alpha value is -3.47. The lowest BCUT2D eigenvalue weighted by atomic mass is 10.0. The number of nitrogens with one attached hydrogen (secondary N) is 2. The highest BCUT2D eigenvalue weighted by Crippen LogP contribution is 2.19. The maximum absolute atomic E-state index is 12.3. The van der Waals surface area contributed by atoms with Gasteiger partial charge in [-0.3, -0.25) is 14.4 Å². The number of aromatic nitrogens is 1. The van der Waals surface area contributed by atoms with Crippen LogP contribution in [0.2, 0.25) is 0 Å². The van der Waals surface area contributed by atoms with Crippen molar-refractivity contribution in [2.75, 3.05) is 13.2 Å². The molecule has 0 aliphatic carbocycles.